The molecule has 0 spiro atoms. The number of nitrogens with zero attached hydrogens (tertiary/aromatic N) is 1. The third-order valence-corrected chi connectivity index (χ3v) is 6.04. The second-order valence-corrected chi connectivity index (χ2v) is 8.45. The summed E-state index contributed by atoms with van der Waals surface area (Å²) < 4.78 is 5.25. The van der Waals surface area contributed by atoms with E-state index in [4.69, 9.17) is 4.74 Å². The van der Waals surface area contributed by atoms with Crippen LogP contribution in [0.5, 0.6) is 5.75 Å². The van der Waals surface area contributed by atoms with Crippen molar-refractivity contribution in [1.29, 1.82) is 0 Å². The number of hydrogen-bond donors (Lipinski definition) is 1. The first kappa shape index (κ1) is 22.9. The van der Waals surface area contributed by atoms with Gasteiger partial charge in [-0.1, -0.05) is 61.7 Å². The normalized spacial score (nSPS) is 14.8. The Morgan fingerprint density at radius 2 is 1.81 bits per heavy atom. The van der Waals surface area contributed by atoms with E-state index in [1.54, 1.807) is 12.0 Å². The first-order valence-corrected chi connectivity index (χ1v) is 11.3. The second-order valence-electron chi connectivity index (χ2n) is 8.45. The lowest BCUT2D eigenvalue weighted by Crippen LogP contribution is -2.51. The van der Waals surface area contributed by atoms with Gasteiger partial charge in [-0.15, -0.1) is 0 Å². The standard InChI is InChI=1S/C26H34N2O3/c1-4-24(26(30)27-22-10-5-6-11-22)28(18-20-12-14-23(31-3)15-13-20)25(29)17-21-9-7-8-19(2)16-21/h7-9,12-16,22,24H,4-6,10-11,17-18H2,1-3H3,(H,27,30)/t24-/m0/s1. The SMILES string of the molecule is CC[C@@H](C(=O)NC1CCCC1)N(Cc1ccc(OC)cc1)C(=O)Cc1cccc(C)c1. The molecule has 2 aromatic rings. The number of benzene rings is 2. The van der Waals surface area contributed by atoms with Gasteiger partial charge < -0.3 is 15.0 Å². The molecule has 166 valence electrons. The summed E-state index contributed by atoms with van der Waals surface area (Å²) in [5.74, 6) is 0.697. The molecule has 1 aliphatic carbocycles. The lowest BCUT2D eigenvalue weighted by molar-refractivity contribution is -0.141. The molecule has 5 nitrogen and oxygen atoms in total. The highest BCUT2D eigenvalue weighted by Crippen LogP contribution is 2.20. The molecule has 3 rings (SSSR count). The highest BCUT2D eigenvalue weighted by Gasteiger charge is 2.30. The van der Waals surface area contributed by atoms with Crippen molar-refractivity contribution in [2.45, 2.75) is 71.0 Å². The monoisotopic (exact) mass is 422 g/mol. The van der Waals surface area contributed by atoms with Crippen molar-refractivity contribution in [3.05, 3.63) is 65.2 Å². The van der Waals surface area contributed by atoms with Crippen molar-refractivity contribution in [2.75, 3.05) is 7.11 Å². The minimum atomic E-state index is -0.486. The van der Waals surface area contributed by atoms with E-state index in [0.717, 1.165) is 48.1 Å². The van der Waals surface area contributed by atoms with Crippen LogP contribution in [-0.4, -0.2) is 35.9 Å². The predicted octanol–water partition coefficient (Wildman–Crippen LogP) is 4.41. The van der Waals surface area contributed by atoms with Crippen LogP contribution in [0.2, 0.25) is 0 Å². The Bertz CT molecular complexity index is 872. The third kappa shape index (κ3) is 6.33. The summed E-state index contributed by atoms with van der Waals surface area (Å²) in [5, 5.41) is 3.19. The van der Waals surface area contributed by atoms with E-state index in [1.165, 1.54) is 0 Å². The van der Waals surface area contributed by atoms with Crippen LogP contribution in [0.1, 0.15) is 55.7 Å². The minimum Gasteiger partial charge on any atom is -0.497 e. The van der Waals surface area contributed by atoms with Gasteiger partial charge in [-0.3, -0.25) is 9.59 Å². The number of nitrogens with one attached hydrogen (secondary N) is 1. The largest absolute Gasteiger partial charge is 0.497 e. The van der Waals surface area contributed by atoms with Gasteiger partial charge in [0.15, 0.2) is 0 Å². The van der Waals surface area contributed by atoms with Gasteiger partial charge in [-0.05, 0) is 49.4 Å². The van der Waals surface area contributed by atoms with E-state index in [9.17, 15) is 9.59 Å². The van der Waals surface area contributed by atoms with Gasteiger partial charge >= 0.3 is 0 Å². The second kappa shape index (κ2) is 11.0. The maximum Gasteiger partial charge on any atom is 0.243 e. The van der Waals surface area contributed by atoms with E-state index in [2.05, 4.69) is 5.32 Å². The average Bonchev–Trinajstić information content (AvgIpc) is 3.27. The molecule has 1 aliphatic rings. The molecule has 0 aromatic heterocycles. The van der Waals surface area contributed by atoms with Gasteiger partial charge in [0.1, 0.15) is 11.8 Å². The van der Waals surface area contributed by atoms with Gasteiger partial charge in [-0.2, -0.15) is 0 Å². The summed E-state index contributed by atoms with van der Waals surface area (Å²) >= 11 is 0. The minimum absolute atomic E-state index is 0.0326. The number of amides is 2. The van der Waals surface area contributed by atoms with Crippen LogP contribution in [-0.2, 0) is 22.6 Å². The number of ether oxygens (including phenoxy) is 1. The third-order valence-electron chi connectivity index (χ3n) is 6.04. The highest BCUT2D eigenvalue weighted by molar-refractivity contribution is 5.88. The summed E-state index contributed by atoms with van der Waals surface area (Å²) in [6.45, 7) is 4.39. The van der Waals surface area contributed by atoms with Crippen LogP contribution in [0.25, 0.3) is 0 Å². The fourth-order valence-corrected chi connectivity index (χ4v) is 4.31. The van der Waals surface area contributed by atoms with E-state index >= 15 is 0 Å². The lowest BCUT2D eigenvalue weighted by Gasteiger charge is -2.31. The van der Waals surface area contributed by atoms with Crippen LogP contribution in [0.3, 0.4) is 0 Å². The lowest BCUT2D eigenvalue weighted by atomic mass is 10.0. The fraction of sp³-hybridized carbons (Fsp3) is 0.462. The van der Waals surface area contributed by atoms with Crippen LogP contribution in [0.4, 0.5) is 0 Å². The smallest absolute Gasteiger partial charge is 0.243 e. The van der Waals surface area contributed by atoms with Gasteiger partial charge in [0.2, 0.25) is 11.8 Å². The molecular formula is C26H34N2O3. The maximum atomic E-state index is 13.4. The van der Waals surface area contributed by atoms with E-state index < -0.39 is 6.04 Å². The molecule has 31 heavy (non-hydrogen) atoms. The summed E-state index contributed by atoms with van der Waals surface area (Å²) in [6, 6.07) is 15.4. The molecule has 1 atom stereocenters. The van der Waals surface area contributed by atoms with E-state index in [-0.39, 0.29) is 24.3 Å². The molecule has 2 aromatic carbocycles. The zero-order valence-corrected chi connectivity index (χ0v) is 18.9. The van der Waals surface area contributed by atoms with Crippen LogP contribution < -0.4 is 10.1 Å². The van der Waals surface area contributed by atoms with Crippen molar-refractivity contribution in [2.24, 2.45) is 0 Å². The Morgan fingerprint density at radius 1 is 1.10 bits per heavy atom. The molecule has 0 radical (unpaired) electrons. The number of carbonyl (C=O) groups excluding carboxylic acids is 2. The average molecular weight is 423 g/mol. The van der Waals surface area contributed by atoms with Crippen molar-refractivity contribution < 1.29 is 14.3 Å². The molecule has 0 unspecified atom stereocenters. The van der Waals surface area contributed by atoms with Crippen LogP contribution in [0, 0.1) is 6.92 Å². The Morgan fingerprint density at radius 3 is 2.42 bits per heavy atom. The molecule has 5 heteroatoms. The van der Waals surface area contributed by atoms with Gasteiger partial charge in [-0.25, -0.2) is 0 Å². The van der Waals surface area contributed by atoms with Crippen molar-refractivity contribution in [3.8, 4) is 5.75 Å². The molecule has 1 saturated carbocycles. The van der Waals surface area contributed by atoms with Gasteiger partial charge in [0.25, 0.3) is 0 Å². The number of hydrogen-bond acceptors (Lipinski definition) is 3. The zero-order chi connectivity index (χ0) is 22.2. The number of carbonyl (C=O) groups is 2. The van der Waals surface area contributed by atoms with E-state index in [1.807, 2.05) is 62.4 Å². The molecule has 0 bridgehead atoms. The molecule has 0 saturated heterocycles. The van der Waals surface area contributed by atoms with Gasteiger partial charge in [0.05, 0.1) is 13.5 Å². The van der Waals surface area contributed by atoms with Crippen LogP contribution in [0.15, 0.2) is 48.5 Å². The zero-order valence-electron chi connectivity index (χ0n) is 18.9. The van der Waals surface area contributed by atoms with Crippen molar-refractivity contribution in [3.63, 3.8) is 0 Å². The molecule has 0 heterocycles. The summed E-state index contributed by atoms with van der Waals surface area (Å²) in [5.41, 5.74) is 3.07. The fourth-order valence-electron chi connectivity index (χ4n) is 4.31. The Balaban J connectivity index is 1.81. The Kier molecular flexibility index (Phi) is 8.10. The van der Waals surface area contributed by atoms with E-state index in [0.29, 0.717) is 13.0 Å². The molecule has 1 N–H and O–H groups in total. The summed E-state index contributed by atoms with van der Waals surface area (Å²) in [7, 11) is 1.63. The molecule has 2 amide bonds. The number of aryl methyl sites for hydroxylation is 1. The topological polar surface area (TPSA) is 58.6 Å². The maximum absolute atomic E-state index is 13.4. The van der Waals surface area contributed by atoms with Crippen molar-refractivity contribution in [1.82, 2.24) is 10.2 Å². The first-order valence-electron chi connectivity index (χ1n) is 11.3. The quantitative estimate of drug-likeness (QED) is 0.651. The first-order chi connectivity index (χ1) is 15.0. The van der Waals surface area contributed by atoms with Crippen LogP contribution >= 0.6 is 0 Å². The highest BCUT2D eigenvalue weighted by atomic mass is 16.5. The molecule has 1 fully saturated rings. The Labute approximate surface area is 185 Å². The number of methoxy groups -OCH3 is 1. The molecule has 0 aliphatic heterocycles. The van der Waals surface area contributed by atoms with Crippen molar-refractivity contribution >= 4 is 11.8 Å². The Hall–Kier alpha value is -2.82. The predicted molar refractivity (Wildman–Crippen MR) is 123 cm³/mol. The summed E-state index contributed by atoms with van der Waals surface area (Å²) in [6.07, 6.45) is 5.22. The summed E-state index contributed by atoms with van der Waals surface area (Å²) in [4.78, 5) is 28.3. The molecular weight excluding hydrogens is 388 g/mol. The number of rotatable bonds is 9. The van der Waals surface area contributed by atoms with Gasteiger partial charge in [0, 0.05) is 12.6 Å².